The molecule has 0 fully saturated rings. The summed E-state index contributed by atoms with van der Waals surface area (Å²) in [6.07, 6.45) is 0.667. The normalized spacial score (nSPS) is 10.2. The first-order valence-corrected chi connectivity index (χ1v) is 6.49. The van der Waals surface area contributed by atoms with Crippen LogP contribution in [0.4, 0.5) is 10.1 Å². The number of esters is 1. The minimum absolute atomic E-state index is 0.0581. The van der Waals surface area contributed by atoms with E-state index in [-0.39, 0.29) is 24.4 Å². The Morgan fingerprint density at radius 2 is 2.05 bits per heavy atom. The third-order valence-electron chi connectivity index (χ3n) is 2.65. The molecule has 0 heterocycles. The predicted molar refractivity (Wildman–Crippen MR) is 73.6 cm³/mol. The molecule has 0 spiro atoms. The number of carbonyl (C=O) groups is 2. The van der Waals surface area contributed by atoms with Crippen molar-refractivity contribution >= 4 is 17.6 Å². The fourth-order valence-electron chi connectivity index (χ4n) is 1.77. The van der Waals surface area contributed by atoms with Gasteiger partial charge in [0.2, 0.25) is 0 Å². The van der Waals surface area contributed by atoms with Crippen molar-refractivity contribution in [2.45, 2.75) is 20.3 Å². The molecular weight excluding hydrogens is 263 g/mol. The Morgan fingerprint density at radius 1 is 1.35 bits per heavy atom. The molecule has 2 N–H and O–H groups in total. The molecule has 1 aromatic carbocycles. The summed E-state index contributed by atoms with van der Waals surface area (Å²) in [7, 11) is 0. The molecule has 0 unspecified atom stereocenters. The van der Waals surface area contributed by atoms with E-state index < -0.39 is 17.7 Å². The monoisotopic (exact) mass is 282 g/mol. The number of amides is 1. The van der Waals surface area contributed by atoms with Crippen molar-refractivity contribution in [2.75, 3.05) is 25.4 Å². The quantitative estimate of drug-likeness (QED) is 0.638. The smallest absolute Gasteiger partial charge is 0.325 e. The van der Waals surface area contributed by atoms with E-state index in [0.717, 1.165) is 6.07 Å². The number of hydrogen-bond acceptors (Lipinski definition) is 4. The lowest BCUT2D eigenvalue weighted by atomic mass is 10.1. The second-order valence-electron chi connectivity index (χ2n) is 4.26. The zero-order valence-corrected chi connectivity index (χ0v) is 11.7. The highest BCUT2D eigenvalue weighted by Crippen LogP contribution is 2.16. The first kappa shape index (κ1) is 15.9. The van der Waals surface area contributed by atoms with Gasteiger partial charge in [-0.05, 0) is 31.5 Å². The molecule has 6 heteroatoms. The van der Waals surface area contributed by atoms with Gasteiger partial charge in [-0.25, -0.2) is 4.39 Å². The molecule has 1 rings (SSSR count). The molecule has 20 heavy (non-hydrogen) atoms. The van der Waals surface area contributed by atoms with Crippen LogP contribution in [0, 0.1) is 5.82 Å². The van der Waals surface area contributed by atoms with Crippen molar-refractivity contribution in [2.24, 2.45) is 0 Å². The molecule has 0 bridgehead atoms. The highest BCUT2D eigenvalue weighted by Gasteiger charge is 2.21. The number of benzene rings is 1. The molecule has 5 nitrogen and oxygen atoms in total. The van der Waals surface area contributed by atoms with Crippen LogP contribution in [0.15, 0.2) is 18.2 Å². The van der Waals surface area contributed by atoms with Crippen molar-refractivity contribution in [3.8, 4) is 0 Å². The van der Waals surface area contributed by atoms with Crippen molar-refractivity contribution in [3.05, 3.63) is 29.6 Å². The van der Waals surface area contributed by atoms with E-state index in [1.807, 2.05) is 6.92 Å². The molecule has 0 aromatic heterocycles. The molecule has 0 aliphatic heterocycles. The van der Waals surface area contributed by atoms with Crippen LogP contribution in [0.2, 0.25) is 0 Å². The number of carbonyl (C=O) groups excluding carboxylic acids is 2. The lowest BCUT2D eigenvalue weighted by molar-refractivity contribution is -0.143. The summed E-state index contributed by atoms with van der Waals surface area (Å²) in [6.45, 7) is 4.01. The van der Waals surface area contributed by atoms with E-state index in [1.54, 1.807) is 6.92 Å². The summed E-state index contributed by atoms with van der Waals surface area (Å²) in [5.74, 6) is -1.52. The van der Waals surface area contributed by atoms with Gasteiger partial charge in [-0.2, -0.15) is 0 Å². The largest absolute Gasteiger partial charge is 0.465 e. The van der Waals surface area contributed by atoms with Crippen LogP contribution in [0.3, 0.4) is 0 Å². The molecule has 110 valence electrons. The lowest BCUT2D eigenvalue weighted by Crippen LogP contribution is -2.37. The first-order valence-electron chi connectivity index (χ1n) is 6.49. The number of nitrogens with zero attached hydrogens (tertiary/aromatic N) is 1. The number of nitrogen functional groups attached to an aromatic ring is 1. The highest BCUT2D eigenvalue weighted by atomic mass is 19.1. The molecule has 0 saturated carbocycles. The topological polar surface area (TPSA) is 72.6 Å². The van der Waals surface area contributed by atoms with Crippen LogP contribution in [-0.2, 0) is 9.53 Å². The van der Waals surface area contributed by atoms with E-state index in [1.165, 1.54) is 17.0 Å². The van der Waals surface area contributed by atoms with Crippen molar-refractivity contribution < 1.29 is 18.7 Å². The first-order chi connectivity index (χ1) is 9.49. The van der Waals surface area contributed by atoms with Crippen LogP contribution in [-0.4, -0.2) is 36.5 Å². The summed E-state index contributed by atoms with van der Waals surface area (Å²) >= 11 is 0. The van der Waals surface area contributed by atoms with Gasteiger partial charge in [0, 0.05) is 12.2 Å². The lowest BCUT2D eigenvalue weighted by Gasteiger charge is -2.21. The maximum absolute atomic E-state index is 13.2. The SMILES string of the molecule is CCCN(CC(=O)OCC)C(=O)c1cc(F)ccc1N. The third-order valence-corrected chi connectivity index (χ3v) is 2.65. The van der Waals surface area contributed by atoms with Crippen molar-refractivity contribution in [1.82, 2.24) is 4.90 Å². The van der Waals surface area contributed by atoms with Crippen LogP contribution in [0.1, 0.15) is 30.6 Å². The third kappa shape index (κ3) is 4.22. The maximum Gasteiger partial charge on any atom is 0.325 e. The summed E-state index contributed by atoms with van der Waals surface area (Å²) < 4.78 is 18.0. The van der Waals surface area contributed by atoms with Gasteiger partial charge in [0.15, 0.2) is 0 Å². The molecule has 0 aliphatic carbocycles. The number of halogens is 1. The van der Waals surface area contributed by atoms with Crippen LogP contribution in [0.25, 0.3) is 0 Å². The Bertz CT molecular complexity index is 491. The number of ether oxygens (including phenoxy) is 1. The second kappa shape index (κ2) is 7.47. The fraction of sp³-hybridized carbons (Fsp3) is 0.429. The van der Waals surface area contributed by atoms with Crippen molar-refractivity contribution in [3.63, 3.8) is 0 Å². The summed E-state index contributed by atoms with van der Waals surface area (Å²) in [5.41, 5.74) is 5.92. The second-order valence-corrected chi connectivity index (χ2v) is 4.26. The predicted octanol–water partition coefficient (Wildman–Crippen LogP) is 1.82. The zero-order valence-electron chi connectivity index (χ0n) is 11.7. The van der Waals surface area contributed by atoms with E-state index in [0.29, 0.717) is 13.0 Å². The molecule has 0 atom stereocenters. The molecule has 0 saturated heterocycles. The minimum atomic E-state index is -0.546. The molecular formula is C14H19FN2O3. The minimum Gasteiger partial charge on any atom is -0.465 e. The molecule has 0 aliphatic rings. The highest BCUT2D eigenvalue weighted by molar-refractivity contribution is 6.00. The number of hydrogen-bond donors (Lipinski definition) is 1. The van der Waals surface area contributed by atoms with E-state index in [9.17, 15) is 14.0 Å². The van der Waals surface area contributed by atoms with Gasteiger partial charge in [-0.3, -0.25) is 9.59 Å². The van der Waals surface area contributed by atoms with Crippen LogP contribution < -0.4 is 5.73 Å². The maximum atomic E-state index is 13.2. The van der Waals surface area contributed by atoms with E-state index in [4.69, 9.17) is 10.5 Å². The van der Waals surface area contributed by atoms with Crippen LogP contribution in [0.5, 0.6) is 0 Å². The Kier molecular flexibility index (Phi) is 5.96. The van der Waals surface area contributed by atoms with Crippen LogP contribution >= 0.6 is 0 Å². The van der Waals surface area contributed by atoms with E-state index in [2.05, 4.69) is 0 Å². The van der Waals surface area contributed by atoms with Gasteiger partial charge in [-0.15, -0.1) is 0 Å². The van der Waals surface area contributed by atoms with Gasteiger partial charge in [0.25, 0.3) is 5.91 Å². The van der Waals surface area contributed by atoms with Gasteiger partial charge in [0.05, 0.1) is 12.2 Å². The Hall–Kier alpha value is -2.11. The molecule has 0 radical (unpaired) electrons. The number of rotatable bonds is 6. The van der Waals surface area contributed by atoms with Gasteiger partial charge in [-0.1, -0.05) is 6.92 Å². The van der Waals surface area contributed by atoms with Gasteiger partial charge < -0.3 is 15.4 Å². The number of anilines is 1. The Morgan fingerprint density at radius 3 is 2.65 bits per heavy atom. The summed E-state index contributed by atoms with van der Waals surface area (Å²) in [6, 6.07) is 3.59. The summed E-state index contributed by atoms with van der Waals surface area (Å²) in [5, 5.41) is 0. The zero-order chi connectivity index (χ0) is 15.1. The van der Waals surface area contributed by atoms with E-state index >= 15 is 0 Å². The molecule has 1 aromatic rings. The summed E-state index contributed by atoms with van der Waals surface area (Å²) in [4.78, 5) is 25.1. The average molecular weight is 282 g/mol. The van der Waals surface area contributed by atoms with Gasteiger partial charge in [0.1, 0.15) is 12.4 Å². The standard InChI is InChI=1S/C14H19FN2O3/c1-3-7-17(9-13(18)20-4-2)14(19)11-8-10(15)5-6-12(11)16/h5-6,8H,3-4,7,9,16H2,1-2H3. The average Bonchev–Trinajstić information content (AvgIpc) is 2.40. The Balaban J connectivity index is 2.93. The van der Waals surface area contributed by atoms with Crippen molar-refractivity contribution in [1.29, 1.82) is 0 Å². The Labute approximate surface area is 117 Å². The van der Waals surface area contributed by atoms with Gasteiger partial charge >= 0.3 is 5.97 Å². The number of nitrogens with two attached hydrogens (primary N) is 1. The molecule has 1 amide bonds. The fourth-order valence-corrected chi connectivity index (χ4v) is 1.77.